The third kappa shape index (κ3) is 2.16. The predicted molar refractivity (Wildman–Crippen MR) is 53.7 cm³/mol. The van der Waals surface area contributed by atoms with Crippen molar-refractivity contribution in [2.75, 3.05) is 6.61 Å². The van der Waals surface area contributed by atoms with Crippen molar-refractivity contribution in [1.29, 1.82) is 0 Å². The summed E-state index contributed by atoms with van der Waals surface area (Å²) in [7, 11) is 0. The summed E-state index contributed by atoms with van der Waals surface area (Å²) >= 11 is 0. The summed E-state index contributed by atoms with van der Waals surface area (Å²) in [5.74, 6) is -2.05. The molecule has 0 bridgehead atoms. The molecule has 6 heteroatoms. The highest BCUT2D eigenvalue weighted by Crippen LogP contribution is 2.25. The minimum atomic E-state index is -1.15. The molecule has 0 aliphatic heterocycles. The Labute approximate surface area is 91.0 Å². The van der Waals surface area contributed by atoms with Crippen molar-refractivity contribution in [3.63, 3.8) is 0 Å². The molecule has 0 amide bonds. The van der Waals surface area contributed by atoms with E-state index in [0.29, 0.717) is 0 Å². The quantitative estimate of drug-likeness (QED) is 0.451. The molecule has 0 spiro atoms. The predicted octanol–water partition coefficient (Wildman–Crippen LogP) is 2.22. The number of carbonyl (C=O) groups is 1. The van der Waals surface area contributed by atoms with Crippen LogP contribution in [0.1, 0.15) is 22.8 Å². The largest absolute Gasteiger partial charge is 0.462 e. The topological polar surface area (TPSA) is 69.4 Å². The number of hydrogen-bond donors (Lipinski definition) is 0. The highest BCUT2D eigenvalue weighted by Gasteiger charge is 2.25. The molecule has 1 aromatic carbocycles. The van der Waals surface area contributed by atoms with E-state index in [0.717, 1.165) is 0 Å². The minimum Gasteiger partial charge on any atom is -0.462 e. The summed E-state index contributed by atoms with van der Waals surface area (Å²) in [4.78, 5) is 21.0. The van der Waals surface area contributed by atoms with Gasteiger partial charge >= 0.3 is 11.7 Å². The molecule has 86 valence electrons. The first-order valence-corrected chi connectivity index (χ1v) is 4.59. The number of aryl methyl sites for hydroxylation is 1. The Morgan fingerprint density at radius 3 is 2.69 bits per heavy atom. The molecule has 1 aromatic rings. The number of benzene rings is 1. The van der Waals surface area contributed by atoms with Gasteiger partial charge in [-0.25, -0.2) is 4.79 Å². The summed E-state index contributed by atoms with van der Waals surface area (Å²) in [6.07, 6.45) is 0. The Balaban J connectivity index is 3.29. The van der Waals surface area contributed by atoms with Gasteiger partial charge in [-0.05, 0) is 19.9 Å². The Morgan fingerprint density at radius 1 is 1.56 bits per heavy atom. The highest BCUT2D eigenvalue weighted by molar-refractivity contribution is 5.90. The van der Waals surface area contributed by atoms with Gasteiger partial charge < -0.3 is 4.74 Å². The van der Waals surface area contributed by atoms with Gasteiger partial charge in [-0.1, -0.05) is 6.07 Å². The van der Waals surface area contributed by atoms with Crippen LogP contribution in [0, 0.1) is 22.9 Å². The van der Waals surface area contributed by atoms with Crippen LogP contribution in [0.4, 0.5) is 10.1 Å². The van der Waals surface area contributed by atoms with Crippen molar-refractivity contribution in [2.45, 2.75) is 13.8 Å². The van der Waals surface area contributed by atoms with Crippen LogP contribution in [-0.2, 0) is 4.74 Å². The van der Waals surface area contributed by atoms with Crippen molar-refractivity contribution in [1.82, 2.24) is 0 Å². The van der Waals surface area contributed by atoms with E-state index in [9.17, 15) is 19.3 Å². The van der Waals surface area contributed by atoms with E-state index < -0.39 is 28.0 Å². The lowest BCUT2D eigenvalue weighted by molar-refractivity contribution is -0.388. The van der Waals surface area contributed by atoms with Crippen LogP contribution < -0.4 is 0 Å². The molecule has 1 rings (SSSR count). The maximum Gasteiger partial charge on any atom is 0.341 e. The van der Waals surface area contributed by atoms with Crippen molar-refractivity contribution >= 4 is 11.7 Å². The molecule has 0 N–H and O–H groups in total. The standard InChI is InChI=1S/C10H10FNO4/c1-3-16-10(13)7-5-4-6(2)9(8(7)11)12(14)15/h4-5H,3H2,1-2H3. The lowest BCUT2D eigenvalue weighted by atomic mass is 10.1. The van der Waals surface area contributed by atoms with Gasteiger partial charge in [-0.2, -0.15) is 4.39 Å². The van der Waals surface area contributed by atoms with E-state index in [1.807, 2.05) is 0 Å². The number of hydrogen-bond acceptors (Lipinski definition) is 4. The van der Waals surface area contributed by atoms with Gasteiger partial charge in [-0.15, -0.1) is 0 Å². The molecule has 16 heavy (non-hydrogen) atoms. The van der Waals surface area contributed by atoms with Crippen molar-refractivity contribution < 1.29 is 18.8 Å². The number of nitro groups is 1. The summed E-state index contributed by atoms with van der Waals surface area (Å²) in [5, 5.41) is 10.6. The average Bonchev–Trinajstić information content (AvgIpc) is 2.17. The van der Waals surface area contributed by atoms with Crippen LogP contribution >= 0.6 is 0 Å². The second-order valence-electron chi connectivity index (χ2n) is 3.07. The van der Waals surface area contributed by atoms with Gasteiger partial charge in [0.1, 0.15) is 5.56 Å². The van der Waals surface area contributed by atoms with Crippen LogP contribution in [0.25, 0.3) is 0 Å². The smallest absolute Gasteiger partial charge is 0.341 e. The van der Waals surface area contributed by atoms with E-state index in [4.69, 9.17) is 0 Å². The second kappa shape index (κ2) is 4.69. The Hall–Kier alpha value is -1.98. The van der Waals surface area contributed by atoms with Crippen LogP contribution in [0.15, 0.2) is 12.1 Å². The monoisotopic (exact) mass is 227 g/mol. The Bertz CT molecular complexity index is 445. The van der Waals surface area contributed by atoms with E-state index in [1.165, 1.54) is 19.1 Å². The molecule has 0 heterocycles. The fourth-order valence-electron chi connectivity index (χ4n) is 1.25. The van der Waals surface area contributed by atoms with Crippen molar-refractivity contribution in [2.24, 2.45) is 0 Å². The fourth-order valence-corrected chi connectivity index (χ4v) is 1.25. The molecule has 0 aromatic heterocycles. The highest BCUT2D eigenvalue weighted by atomic mass is 19.1. The molecule has 0 saturated carbocycles. The van der Waals surface area contributed by atoms with Crippen LogP contribution in [0.3, 0.4) is 0 Å². The maximum atomic E-state index is 13.6. The summed E-state index contributed by atoms with van der Waals surface area (Å²) < 4.78 is 18.2. The molecular formula is C10H10FNO4. The number of rotatable bonds is 3. The first kappa shape index (κ1) is 12.1. The number of carbonyl (C=O) groups excluding carboxylic acids is 1. The van der Waals surface area contributed by atoms with Gasteiger partial charge in [0.25, 0.3) is 0 Å². The summed E-state index contributed by atoms with van der Waals surface area (Å²) in [5.41, 5.74) is -0.944. The molecular weight excluding hydrogens is 217 g/mol. The third-order valence-corrected chi connectivity index (χ3v) is 2.00. The van der Waals surface area contributed by atoms with Gasteiger partial charge in [0.05, 0.1) is 11.5 Å². The molecule has 0 unspecified atom stereocenters. The SMILES string of the molecule is CCOC(=O)c1ccc(C)c([N+](=O)[O-])c1F. The molecule has 0 saturated heterocycles. The number of halogens is 1. The lowest BCUT2D eigenvalue weighted by Gasteiger charge is -2.04. The number of ether oxygens (including phenoxy) is 1. The average molecular weight is 227 g/mol. The van der Waals surface area contributed by atoms with Crippen LogP contribution in [0.2, 0.25) is 0 Å². The second-order valence-corrected chi connectivity index (χ2v) is 3.07. The van der Waals surface area contributed by atoms with Crippen LogP contribution in [0.5, 0.6) is 0 Å². The first-order chi connectivity index (χ1) is 7.49. The maximum absolute atomic E-state index is 13.6. The zero-order chi connectivity index (χ0) is 12.3. The van der Waals surface area contributed by atoms with Gasteiger partial charge in [0, 0.05) is 5.56 Å². The minimum absolute atomic E-state index is 0.0833. The molecule has 0 atom stereocenters. The molecule has 0 aliphatic rings. The van der Waals surface area contributed by atoms with E-state index in [-0.39, 0.29) is 12.2 Å². The van der Waals surface area contributed by atoms with Gasteiger partial charge in [-0.3, -0.25) is 10.1 Å². The van der Waals surface area contributed by atoms with Crippen molar-refractivity contribution in [3.8, 4) is 0 Å². The Morgan fingerprint density at radius 2 is 2.19 bits per heavy atom. The zero-order valence-corrected chi connectivity index (χ0v) is 8.82. The first-order valence-electron chi connectivity index (χ1n) is 4.59. The third-order valence-electron chi connectivity index (χ3n) is 2.00. The number of nitro benzene ring substituents is 1. The van der Waals surface area contributed by atoms with Crippen molar-refractivity contribution in [3.05, 3.63) is 39.2 Å². The van der Waals surface area contributed by atoms with E-state index in [1.54, 1.807) is 6.92 Å². The number of esters is 1. The summed E-state index contributed by atoms with van der Waals surface area (Å²) in [6, 6.07) is 2.49. The Kier molecular flexibility index (Phi) is 3.55. The number of nitrogens with zero attached hydrogens (tertiary/aromatic N) is 1. The van der Waals surface area contributed by atoms with Crippen LogP contribution in [-0.4, -0.2) is 17.5 Å². The lowest BCUT2D eigenvalue weighted by Crippen LogP contribution is -2.09. The van der Waals surface area contributed by atoms with Gasteiger partial charge in [0.15, 0.2) is 0 Å². The van der Waals surface area contributed by atoms with E-state index in [2.05, 4.69) is 4.74 Å². The normalized spacial score (nSPS) is 9.94. The molecule has 0 radical (unpaired) electrons. The zero-order valence-electron chi connectivity index (χ0n) is 8.82. The molecule has 0 fully saturated rings. The summed E-state index contributed by atoms with van der Waals surface area (Å²) in [6.45, 7) is 3.05. The van der Waals surface area contributed by atoms with E-state index >= 15 is 0 Å². The fraction of sp³-hybridized carbons (Fsp3) is 0.300. The molecule has 0 aliphatic carbocycles. The molecule has 5 nitrogen and oxygen atoms in total. The van der Waals surface area contributed by atoms with Gasteiger partial charge in [0.2, 0.25) is 5.82 Å².